The van der Waals surface area contributed by atoms with Gasteiger partial charge in [-0.2, -0.15) is 0 Å². The number of likely N-dealkylation sites (N-methyl/N-ethyl adjacent to an activating group) is 1. The van der Waals surface area contributed by atoms with Crippen LogP contribution < -0.4 is 0 Å². The Morgan fingerprint density at radius 1 is 1.30 bits per heavy atom. The summed E-state index contributed by atoms with van der Waals surface area (Å²) in [7, 11) is 0. The molecule has 3 nitrogen and oxygen atoms in total. The molecule has 0 N–H and O–H groups in total. The molecule has 1 aromatic carbocycles. The summed E-state index contributed by atoms with van der Waals surface area (Å²) in [5, 5.41) is 0. The van der Waals surface area contributed by atoms with E-state index in [2.05, 4.69) is 51.7 Å². The molecule has 126 valence electrons. The number of likely N-dealkylation sites (tertiary alicyclic amines) is 1. The first kappa shape index (κ1) is 18.2. The Kier molecular flexibility index (Phi) is 6.85. The predicted octanol–water partition coefficient (Wildman–Crippen LogP) is 4.09. The molecule has 0 saturated carbocycles. The first-order valence-electron chi connectivity index (χ1n) is 8.39. The minimum Gasteiger partial charge on any atom is -0.339 e. The first-order valence-corrected chi connectivity index (χ1v) is 9.19. The molecule has 0 unspecified atom stereocenters. The number of carbonyl (C=O) groups excluding carboxylic acids is 1. The third-order valence-electron chi connectivity index (χ3n) is 4.41. The number of rotatable bonds is 6. The second kappa shape index (κ2) is 8.65. The van der Waals surface area contributed by atoms with E-state index in [-0.39, 0.29) is 5.92 Å². The number of halogens is 1. The number of hydrogen-bond acceptors (Lipinski definition) is 2. The van der Waals surface area contributed by atoms with Crippen LogP contribution in [0.25, 0.3) is 0 Å². The average Bonchev–Trinajstić information content (AvgIpc) is 2.54. The van der Waals surface area contributed by atoms with E-state index in [0.29, 0.717) is 12.5 Å². The SMILES string of the molecule is C=C(C)CN(CC)C(=O)C1CCN(Cc2ccc(Br)cc2)CC1. The fraction of sp³-hybridized carbons (Fsp3) is 0.526. The van der Waals surface area contributed by atoms with E-state index in [0.717, 1.165) is 49.1 Å². The first-order chi connectivity index (χ1) is 11.0. The van der Waals surface area contributed by atoms with Crippen molar-refractivity contribution < 1.29 is 4.79 Å². The van der Waals surface area contributed by atoms with Gasteiger partial charge in [0, 0.05) is 30.0 Å². The Labute approximate surface area is 148 Å². The molecule has 0 atom stereocenters. The van der Waals surface area contributed by atoms with Crippen molar-refractivity contribution in [3.05, 3.63) is 46.5 Å². The van der Waals surface area contributed by atoms with Gasteiger partial charge in [-0.05, 0) is 57.5 Å². The molecule has 0 radical (unpaired) electrons. The molecule has 1 aliphatic heterocycles. The predicted molar refractivity (Wildman–Crippen MR) is 99.2 cm³/mol. The Morgan fingerprint density at radius 3 is 2.43 bits per heavy atom. The molecular weight excluding hydrogens is 352 g/mol. The number of nitrogens with zero attached hydrogens (tertiary/aromatic N) is 2. The third kappa shape index (κ3) is 5.47. The molecule has 1 fully saturated rings. The minimum atomic E-state index is 0.176. The van der Waals surface area contributed by atoms with Crippen LogP contribution in [0.5, 0.6) is 0 Å². The highest BCUT2D eigenvalue weighted by atomic mass is 79.9. The molecule has 4 heteroatoms. The lowest BCUT2D eigenvalue weighted by atomic mass is 9.94. The van der Waals surface area contributed by atoms with Gasteiger partial charge in [0.2, 0.25) is 5.91 Å². The summed E-state index contributed by atoms with van der Waals surface area (Å²) in [6.07, 6.45) is 1.92. The Hall–Kier alpha value is -1.13. The van der Waals surface area contributed by atoms with Crippen molar-refractivity contribution in [2.75, 3.05) is 26.2 Å². The highest BCUT2D eigenvalue weighted by molar-refractivity contribution is 9.10. The van der Waals surface area contributed by atoms with E-state index >= 15 is 0 Å². The van der Waals surface area contributed by atoms with Crippen LogP contribution in [0.3, 0.4) is 0 Å². The van der Waals surface area contributed by atoms with Crippen LogP contribution in [0, 0.1) is 5.92 Å². The van der Waals surface area contributed by atoms with Crippen LogP contribution in [0.15, 0.2) is 40.9 Å². The number of benzene rings is 1. The van der Waals surface area contributed by atoms with E-state index < -0.39 is 0 Å². The maximum Gasteiger partial charge on any atom is 0.226 e. The Balaban J connectivity index is 1.84. The standard InChI is InChI=1S/C19H27BrN2O/c1-4-22(13-15(2)3)19(23)17-9-11-21(12-10-17)14-16-5-7-18(20)8-6-16/h5-8,17H,2,4,9-14H2,1,3H3. The monoisotopic (exact) mass is 378 g/mol. The van der Waals surface area contributed by atoms with Gasteiger partial charge in [0.15, 0.2) is 0 Å². The number of amides is 1. The number of hydrogen-bond donors (Lipinski definition) is 0. The largest absolute Gasteiger partial charge is 0.339 e. The van der Waals surface area contributed by atoms with Crippen molar-refractivity contribution in [1.29, 1.82) is 0 Å². The molecule has 2 rings (SSSR count). The van der Waals surface area contributed by atoms with Gasteiger partial charge in [-0.1, -0.05) is 40.2 Å². The molecule has 1 heterocycles. The second-order valence-electron chi connectivity index (χ2n) is 6.49. The molecular formula is C19H27BrN2O. The topological polar surface area (TPSA) is 23.6 Å². The van der Waals surface area contributed by atoms with Crippen molar-refractivity contribution in [3.8, 4) is 0 Å². The maximum atomic E-state index is 12.6. The van der Waals surface area contributed by atoms with Crippen LogP contribution in [0.1, 0.15) is 32.3 Å². The smallest absolute Gasteiger partial charge is 0.226 e. The van der Waals surface area contributed by atoms with E-state index in [4.69, 9.17) is 0 Å². The van der Waals surface area contributed by atoms with Gasteiger partial charge >= 0.3 is 0 Å². The van der Waals surface area contributed by atoms with Crippen molar-refractivity contribution in [2.45, 2.75) is 33.2 Å². The highest BCUT2D eigenvalue weighted by Crippen LogP contribution is 2.22. The molecule has 0 spiro atoms. The molecule has 23 heavy (non-hydrogen) atoms. The van der Waals surface area contributed by atoms with Crippen molar-refractivity contribution in [3.63, 3.8) is 0 Å². The normalized spacial score (nSPS) is 16.3. The summed E-state index contributed by atoms with van der Waals surface area (Å²) < 4.78 is 1.11. The molecule has 0 aromatic heterocycles. The van der Waals surface area contributed by atoms with Crippen molar-refractivity contribution >= 4 is 21.8 Å². The average molecular weight is 379 g/mol. The zero-order valence-electron chi connectivity index (χ0n) is 14.2. The van der Waals surface area contributed by atoms with Crippen LogP contribution >= 0.6 is 15.9 Å². The van der Waals surface area contributed by atoms with E-state index in [9.17, 15) is 4.79 Å². The molecule has 0 aliphatic carbocycles. The van der Waals surface area contributed by atoms with E-state index in [1.165, 1.54) is 5.56 Å². The van der Waals surface area contributed by atoms with Crippen molar-refractivity contribution in [1.82, 2.24) is 9.80 Å². The third-order valence-corrected chi connectivity index (χ3v) is 4.94. The lowest BCUT2D eigenvalue weighted by molar-refractivity contribution is -0.136. The lowest BCUT2D eigenvalue weighted by Gasteiger charge is -2.34. The fourth-order valence-electron chi connectivity index (χ4n) is 3.12. The molecule has 0 bridgehead atoms. The molecule has 1 saturated heterocycles. The molecule has 1 aromatic rings. The lowest BCUT2D eigenvalue weighted by Crippen LogP contribution is -2.42. The summed E-state index contributed by atoms with van der Waals surface area (Å²) in [5.74, 6) is 0.481. The van der Waals surface area contributed by atoms with Gasteiger partial charge in [0.25, 0.3) is 0 Å². The quantitative estimate of drug-likeness (QED) is 0.696. The second-order valence-corrected chi connectivity index (χ2v) is 7.40. The summed E-state index contributed by atoms with van der Waals surface area (Å²) in [6.45, 7) is 12.4. The van der Waals surface area contributed by atoms with Gasteiger partial charge < -0.3 is 4.90 Å². The summed E-state index contributed by atoms with van der Waals surface area (Å²) in [6, 6.07) is 8.49. The zero-order chi connectivity index (χ0) is 16.8. The van der Waals surface area contributed by atoms with Gasteiger partial charge in [-0.3, -0.25) is 9.69 Å². The van der Waals surface area contributed by atoms with E-state index in [1.807, 2.05) is 18.7 Å². The van der Waals surface area contributed by atoms with Gasteiger partial charge in [0.05, 0.1) is 0 Å². The van der Waals surface area contributed by atoms with Gasteiger partial charge in [-0.15, -0.1) is 0 Å². The molecule has 1 amide bonds. The Bertz CT molecular complexity index is 533. The minimum absolute atomic E-state index is 0.176. The van der Waals surface area contributed by atoms with Gasteiger partial charge in [0.1, 0.15) is 0 Å². The van der Waals surface area contributed by atoms with E-state index in [1.54, 1.807) is 0 Å². The fourth-order valence-corrected chi connectivity index (χ4v) is 3.38. The van der Waals surface area contributed by atoms with Crippen LogP contribution in [-0.2, 0) is 11.3 Å². The number of piperidine rings is 1. The summed E-state index contributed by atoms with van der Waals surface area (Å²) in [5.41, 5.74) is 2.38. The maximum absolute atomic E-state index is 12.6. The van der Waals surface area contributed by atoms with Crippen LogP contribution in [0.4, 0.5) is 0 Å². The van der Waals surface area contributed by atoms with Crippen LogP contribution in [-0.4, -0.2) is 41.9 Å². The van der Waals surface area contributed by atoms with Crippen molar-refractivity contribution in [2.24, 2.45) is 5.92 Å². The van der Waals surface area contributed by atoms with Crippen LogP contribution in [0.2, 0.25) is 0 Å². The Morgan fingerprint density at radius 2 is 1.91 bits per heavy atom. The van der Waals surface area contributed by atoms with Gasteiger partial charge in [-0.25, -0.2) is 0 Å². The highest BCUT2D eigenvalue weighted by Gasteiger charge is 2.27. The summed E-state index contributed by atoms with van der Waals surface area (Å²) in [4.78, 5) is 17.0. The summed E-state index contributed by atoms with van der Waals surface area (Å²) >= 11 is 3.47. The zero-order valence-corrected chi connectivity index (χ0v) is 15.8. The number of carbonyl (C=O) groups is 1. The molecule has 1 aliphatic rings.